The molecule has 4 rings (SSSR count). The summed E-state index contributed by atoms with van der Waals surface area (Å²) in [5, 5.41) is 9.58. The number of hydrogen-bond acceptors (Lipinski definition) is 5. The molecule has 33 heavy (non-hydrogen) atoms. The number of benzene rings is 1. The molecule has 2 aromatic heterocycles. The first-order chi connectivity index (χ1) is 15.7. The summed E-state index contributed by atoms with van der Waals surface area (Å²) in [6.07, 6.45) is -0.224. The third kappa shape index (κ3) is 4.21. The lowest BCUT2D eigenvalue weighted by atomic mass is 10.0. The quantitative estimate of drug-likeness (QED) is 0.448. The van der Waals surface area contributed by atoms with E-state index in [9.17, 15) is 19.1 Å². The van der Waals surface area contributed by atoms with Crippen LogP contribution in [0.15, 0.2) is 24.4 Å². The topological polar surface area (TPSA) is 93.4 Å². The van der Waals surface area contributed by atoms with Crippen LogP contribution in [-0.2, 0) is 15.9 Å². The van der Waals surface area contributed by atoms with E-state index < -0.39 is 46.7 Å². The molecule has 1 fully saturated rings. The van der Waals surface area contributed by atoms with E-state index in [2.05, 4.69) is 9.72 Å². The van der Waals surface area contributed by atoms with Crippen LogP contribution in [0.5, 0.6) is 0 Å². The summed E-state index contributed by atoms with van der Waals surface area (Å²) in [5.41, 5.74) is -1.41. The molecule has 3 heterocycles. The van der Waals surface area contributed by atoms with Crippen LogP contribution in [0, 0.1) is 17.5 Å². The number of nitrogens with zero attached hydrogens (tertiary/aromatic N) is 3. The highest BCUT2D eigenvalue weighted by atomic mass is 35.5. The fourth-order valence-electron chi connectivity index (χ4n) is 3.77. The van der Waals surface area contributed by atoms with Crippen molar-refractivity contribution in [3.05, 3.63) is 58.1 Å². The number of carbonyl (C=O) groups excluding carboxylic acids is 1. The van der Waals surface area contributed by atoms with Gasteiger partial charge in [-0.25, -0.2) is 27.7 Å². The molecule has 1 saturated heterocycles. The van der Waals surface area contributed by atoms with Crippen LogP contribution in [-0.4, -0.2) is 64.4 Å². The van der Waals surface area contributed by atoms with Gasteiger partial charge in [-0.2, -0.15) is 0 Å². The molecular formula is C21H17ClF3N3O5. The third-order valence-corrected chi connectivity index (χ3v) is 5.55. The number of imidazole rings is 1. The van der Waals surface area contributed by atoms with Crippen LogP contribution in [0.1, 0.15) is 16.1 Å². The van der Waals surface area contributed by atoms with Crippen LogP contribution < -0.4 is 0 Å². The van der Waals surface area contributed by atoms with Crippen molar-refractivity contribution in [2.24, 2.45) is 0 Å². The second kappa shape index (κ2) is 8.91. The first kappa shape index (κ1) is 22.9. The summed E-state index contributed by atoms with van der Waals surface area (Å²) in [7, 11) is 0.958. The van der Waals surface area contributed by atoms with Gasteiger partial charge in [0.15, 0.2) is 11.6 Å². The van der Waals surface area contributed by atoms with Crippen molar-refractivity contribution in [1.82, 2.24) is 14.3 Å². The lowest BCUT2D eigenvalue weighted by molar-refractivity contribution is -0.0214. The highest BCUT2D eigenvalue weighted by Crippen LogP contribution is 2.34. The number of morpholine rings is 1. The lowest BCUT2D eigenvalue weighted by Crippen LogP contribution is -2.45. The van der Waals surface area contributed by atoms with Gasteiger partial charge in [0.1, 0.15) is 17.0 Å². The third-order valence-electron chi connectivity index (χ3n) is 5.32. The Balaban J connectivity index is 1.86. The zero-order valence-corrected chi connectivity index (χ0v) is 17.9. The highest BCUT2D eigenvalue weighted by Gasteiger charge is 2.31. The van der Waals surface area contributed by atoms with Crippen molar-refractivity contribution in [2.45, 2.75) is 12.5 Å². The molecule has 1 aromatic carbocycles. The summed E-state index contributed by atoms with van der Waals surface area (Å²) < 4.78 is 56.2. The number of esters is 1. The maximum atomic E-state index is 15.0. The molecule has 0 aliphatic carbocycles. The van der Waals surface area contributed by atoms with Crippen LogP contribution in [0.3, 0.4) is 0 Å². The summed E-state index contributed by atoms with van der Waals surface area (Å²) in [6.45, 7) is 0.348. The average molecular weight is 484 g/mol. The number of carbonyl (C=O) groups is 2. The van der Waals surface area contributed by atoms with Crippen molar-refractivity contribution in [1.29, 1.82) is 0 Å². The number of rotatable bonds is 4. The molecule has 0 spiro atoms. The monoisotopic (exact) mass is 483 g/mol. The van der Waals surface area contributed by atoms with Gasteiger partial charge in [0.2, 0.25) is 0 Å². The van der Waals surface area contributed by atoms with E-state index >= 15 is 8.78 Å². The fourth-order valence-corrected chi connectivity index (χ4v) is 3.92. The van der Waals surface area contributed by atoms with Gasteiger partial charge in [0.25, 0.3) is 0 Å². The van der Waals surface area contributed by atoms with Gasteiger partial charge in [0.05, 0.1) is 43.3 Å². The molecule has 1 aliphatic rings. The fraction of sp³-hybridized carbons (Fsp3) is 0.286. The van der Waals surface area contributed by atoms with Crippen LogP contribution in [0.2, 0.25) is 5.02 Å². The van der Waals surface area contributed by atoms with Gasteiger partial charge in [-0.15, -0.1) is 0 Å². The lowest BCUT2D eigenvalue weighted by Gasteiger charge is -2.31. The number of methoxy groups -OCH3 is 1. The van der Waals surface area contributed by atoms with E-state index in [1.54, 1.807) is 0 Å². The number of halogens is 4. The van der Waals surface area contributed by atoms with Crippen molar-refractivity contribution < 1.29 is 37.3 Å². The summed E-state index contributed by atoms with van der Waals surface area (Å²) in [4.78, 5) is 28.4. The average Bonchev–Trinajstić information content (AvgIpc) is 3.12. The maximum absolute atomic E-state index is 15.0. The molecule has 3 aromatic rings. The van der Waals surface area contributed by atoms with Gasteiger partial charge in [-0.05, 0) is 12.1 Å². The summed E-state index contributed by atoms with van der Waals surface area (Å²) >= 11 is 6.02. The standard InChI is InChI=1S/C21H17ClF3N3O5/c1-32-20(29)12-8-13(23)16(18(25)17(12)24)19-14(28-3-2-10(22)6-15(28)26-19)7-11-9-27(21(30)31)4-5-33-11/h2-3,6,8,11H,4-5,7,9H2,1H3,(H,30,31). The highest BCUT2D eigenvalue weighted by molar-refractivity contribution is 6.30. The van der Waals surface area contributed by atoms with Gasteiger partial charge in [-0.1, -0.05) is 11.6 Å². The van der Waals surface area contributed by atoms with Crippen molar-refractivity contribution in [2.75, 3.05) is 26.8 Å². The molecule has 1 aliphatic heterocycles. The Labute approximate surface area is 190 Å². The molecule has 1 amide bonds. The van der Waals surface area contributed by atoms with E-state index in [1.807, 2.05) is 0 Å². The second-order valence-electron chi connectivity index (χ2n) is 7.31. The Hall–Kier alpha value is -3.31. The molecule has 174 valence electrons. The molecule has 12 heteroatoms. The Kier molecular flexibility index (Phi) is 6.17. The van der Waals surface area contributed by atoms with Crippen molar-refractivity contribution >= 4 is 29.3 Å². The second-order valence-corrected chi connectivity index (χ2v) is 7.74. The van der Waals surface area contributed by atoms with E-state index in [0.717, 1.165) is 7.11 Å². The van der Waals surface area contributed by atoms with E-state index in [4.69, 9.17) is 16.3 Å². The van der Waals surface area contributed by atoms with Gasteiger partial charge in [-0.3, -0.25) is 0 Å². The normalized spacial score (nSPS) is 16.3. The van der Waals surface area contributed by atoms with Crippen LogP contribution in [0.4, 0.5) is 18.0 Å². The number of hydrogen-bond donors (Lipinski definition) is 1. The SMILES string of the molecule is COC(=O)c1cc(F)c(-c2nc3cc(Cl)ccn3c2CC2CN(C(=O)O)CCO2)c(F)c1F. The zero-order chi connectivity index (χ0) is 23.9. The maximum Gasteiger partial charge on any atom is 0.407 e. The largest absolute Gasteiger partial charge is 0.465 e. The van der Waals surface area contributed by atoms with Crippen molar-refractivity contribution in [3.63, 3.8) is 0 Å². The molecule has 0 bridgehead atoms. The molecule has 1 N–H and O–H groups in total. The predicted molar refractivity (Wildman–Crippen MR) is 110 cm³/mol. The molecule has 8 nitrogen and oxygen atoms in total. The Morgan fingerprint density at radius 1 is 1.30 bits per heavy atom. The molecule has 1 unspecified atom stereocenters. The Morgan fingerprint density at radius 3 is 2.76 bits per heavy atom. The minimum absolute atomic E-state index is 0.0150. The van der Waals surface area contributed by atoms with Gasteiger partial charge >= 0.3 is 12.1 Å². The van der Waals surface area contributed by atoms with Gasteiger partial charge in [0, 0.05) is 30.3 Å². The summed E-state index contributed by atoms with van der Waals surface area (Å²) in [6, 6.07) is 3.53. The number of pyridine rings is 1. The smallest absolute Gasteiger partial charge is 0.407 e. The molecular weight excluding hydrogens is 467 g/mol. The van der Waals surface area contributed by atoms with Crippen molar-refractivity contribution in [3.8, 4) is 11.3 Å². The summed E-state index contributed by atoms with van der Waals surface area (Å²) in [5.74, 6) is -5.64. The number of amides is 1. The first-order valence-electron chi connectivity index (χ1n) is 9.73. The molecule has 0 radical (unpaired) electrons. The predicted octanol–water partition coefficient (Wildman–Crippen LogP) is 3.78. The van der Waals surface area contributed by atoms with Gasteiger partial charge < -0.3 is 23.9 Å². The Bertz CT molecular complexity index is 1270. The van der Waals surface area contributed by atoms with E-state index in [1.165, 1.54) is 27.6 Å². The zero-order valence-electron chi connectivity index (χ0n) is 17.1. The number of ether oxygens (including phenoxy) is 2. The first-order valence-corrected chi connectivity index (χ1v) is 10.1. The number of carboxylic acid groups (broad SMARTS) is 1. The van der Waals surface area contributed by atoms with Crippen LogP contribution in [0.25, 0.3) is 16.9 Å². The van der Waals surface area contributed by atoms with Crippen LogP contribution >= 0.6 is 11.6 Å². The Morgan fingerprint density at radius 2 is 2.06 bits per heavy atom. The van der Waals surface area contributed by atoms with E-state index in [0.29, 0.717) is 11.1 Å². The molecule has 0 saturated carbocycles. The molecule has 1 atom stereocenters. The minimum atomic E-state index is -1.61. The van der Waals surface area contributed by atoms with E-state index in [-0.39, 0.29) is 43.2 Å². The number of fused-ring (bicyclic) bond motifs is 1. The minimum Gasteiger partial charge on any atom is -0.465 e. The number of aromatic nitrogens is 2.